The second-order valence-electron chi connectivity index (χ2n) is 6.61. The van der Waals surface area contributed by atoms with Gasteiger partial charge in [-0.15, -0.1) is 0 Å². The number of methoxy groups -OCH3 is 1. The van der Waals surface area contributed by atoms with Crippen LogP contribution in [0.4, 0.5) is 0 Å². The monoisotopic (exact) mass is 331 g/mol. The molecule has 24 heavy (non-hydrogen) atoms. The van der Waals surface area contributed by atoms with E-state index in [0.29, 0.717) is 32.0 Å². The van der Waals surface area contributed by atoms with Crippen molar-refractivity contribution < 1.29 is 14.3 Å². The fraction of sp³-hybridized carbons (Fsp3) is 0.611. The smallest absolute Gasteiger partial charge is 0.227 e. The molecule has 2 aliphatic rings. The molecule has 1 atom stereocenters. The first-order valence-electron chi connectivity index (χ1n) is 8.64. The fourth-order valence-corrected chi connectivity index (χ4v) is 3.68. The van der Waals surface area contributed by atoms with Gasteiger partial charge >= 0.3 is 0 Å². The second kappa shape index (κ2) is 7.75. The van der Waals surface area contributed by atoms with Gasteiger partial charge in [-0.1, -0.05) is 0 Å². The van der Waals surface area contributed by atoms with Gasteiger partial charge in [0.25, 0.3) is 0 Å². The molecule has 0 radical (unpaired) electrons. The Kier molecular flexibility index (Phi) is 5.45. The van der Waals surface area contributed by atoms with E-state index in [9.17, 15) is 9.59 Å². The Hall–Kier alpha value is -1.95. The molecule has 1 aromatic rings. The molecule has 2 amide bonds. The van der Waals surface area contributed by atoms with E-state index in [0.717, 1.165) is 25.9 Å². The normalized spacial score (nSPS) is 22.2. The molecule has 0 aromatic carbocycles. The van der Waals surface area contributed by atoms with Crippen LogP contribution in [0.25, 0.3) is 0 Å². The van der Waals surface area contributed by atoms with Crippen LogP contribution in [0.2, 0.25) is 0 Å². The molecule has 0 saturated carbocycles. The van der Waals surface area contributed by atoms with Gasteiger partial charge in [0.15, 0.2) is 0 Å². The summed E-state index contributed by atoms with van der Waals surface area (Å²) in [6, 6.07) is 4.12. The molecule has 0 aliphatic carbocycles. The number of amides is 2. The molecule has 2 saturated heterocycles. The zero-order valence-electron chi connectivity index (χ0n) is 14.2. The highest BCUT2D eigenvalue weighted by Gasteiger charge is 2.37. The second-order valence-corrected chi connectivity index (χ2v) is 6.61. The van der Waals surface area contributed by atoms with Gasteiger partial charge in [-0.25, -0.2) is 0 Å². The molecule has 1 aromatic heterocycles. The number of aromatic nitrogens is 1. The van der Waals surface area contributed by atoms with Gasteiger partial charge in [-0.05, 0) is 36.5 Å². The van der Waals surface area contributed by atoms with Crippen molar-refractivity contribution in [2.75, 3.05) is 39.9 Å². The third kappa shape index (κ3) is 3.75. The Balaban J connectivity index is 1.51. The maximum atomic E-state index is 12.7. The first-order valence-corrected chi connectivity index (χ1v) is 8.64. The van der Waals surface area contributed by atoms with E-state index in [-0.39, 0.29) is 17.7 Å². The van der Waals surface area contributed by atoms with Crippen molar-refractivity contribution in [1.82, 2.24) is 14.8 Å². The molecule has 130 valence electrons. The third-order valence-corrected chi connectivity index (χ3v) is 5.11. The van der Waals surface area contributed by atoms with Gasteiger partial charge in [-0.2, -0.15) is 0 Å². The summed E-state index contributed by atoms with van der Waals surface area (Å²) in [4.78, 5) is 32.5. The molecule has 0 N–H and O–H groups in total. The van der Waals surface area contributed by atoms with Gasteiger partial charge in [0, 0.05) is 52.1 Å². The molecule has 0 bridgehead atoms. The number of ether oxygens (including phenoxy) is 1. The average molecular weight is 331 g/mol. The summed E-state index contributed by atoms with van der Waals surface area (Å²) in [5.74, 6) is 0.515. The maximum absolute atomic E-state index is 12.7. The predicted octanol–water partition coefficient (Wildman–Crippen LogP) is 1.28. The number of rotatable bonds is 5. The first-order chi connectivity index (χ1) is 11.7. The zero-order chi connectivity index (χ0) is 16.9. The number of hydrogen-bond acceptors (Lipinski definition) is 4. The van der Waals surface area contributed by atoms with Crippen LogP contribution in [-0.2, 0) is 14.3 Å². The number of piperidine rings is 1. The molecule has 2 fully saturated rings. The van der Waals surface area contributed by atoms with Crippen LogP contribution in [0.5, 0.6) is 0 Å². The quantitative estimate of drug-likeness (QED) is 0.815. The van der Waals surface area contributed by atoms with Crippen LogP contribution in [0.3, 0.4) is 0 Å². The van der Waals surface area contributed by atoms with Gasteiger partial charge in [0.2, 0.25) is 11.8 Å². The number of nitrogens with zero attached hydrogens (tertiary/aromatic N) is 3. The Morgan fingerprint density at radius 3 is 2.67 bits per heavy atom. The summed E-state index contributed by atoms with van der Waals surface area (Å²) >= 11 is 0. The largest absolute Gasteiger partial charge is 0.383 e. The highest BCUT2D eigenvalue weighted by Crippen LogP contribution is 2.29. The van der Waals surface area contributed by atoms with Crippen molar-refractivity contribution in [2.24, 2.45) is 5.92 Å². The number of hydrogen-bond donors (Lipinski definition) is 0. The minimum absolute atomic E-state index is 0.0667. The summed E-state index contributed by atoms with van der Waals surface area (Å²) in [7, 11) is 1.62. The van der Waals surface area contributed by atoms with Crippen LogP contribution in [-0.4, -0.2) is 66.5 Å². The Bertz CT molecular complexity index is 570. The molecule has 3 heterocycles. The Morgan fingerprint density at radius 2 is 2.00 bits per heavy atom. The van der Waals surface area contributed by atoms with E-state index < -0.39 is 0 Å². The summed E-state index contributed by atoms with van der Waals surface area (Å²) < 4.78 is 5.02. The molecular weight excluding hydrogens is 306 g/mol. The SMILES string of the molecule is COCCN1CC(C(=O)N2CCC(c3ccncc3)CC2)CC1=O. The molecule has 6 nitrogen and oxygen atoms in total. The molecule has 1 unspecified atom stereocenters. The maximum Gasteiger partial charge on any atom is 0.227 e. The predicted molar refractivity (Wildman–Crippen MR) is 89.4 cm³/mol. The lowest BCUT2D eigenvalue weighted by Gasteiger charge is -2.33. The minimum atomic E-state index is -0.188. The average Bonchev–Trinajstić information content (AvgIpc) is 3.01. The van der Waals surface area contributed by atoms with E-state index in [1.54, 1.807) is 12.0 Å². The molecule has 3 rings (SSSR count). The van der Waals surface area contributed by atoms with Crippen LogP contribution in [0, 0.1) is 5.92 Å². The van der Waals surface area contributed by atoms with E-state index in [4.69, 9.17) is 4.74 Å². The van der Waals surface area contributed by atoms with E-state index in [1.807, 2.05) is 17.3 Å². The number of likely N-dealkylation sites (tertiary alicyclic amines) is 2. The molecular formula is C18H25N3O3. The fourth-order valence-electron chi connectivity index (χ4n) is 3.68. The van der Waals surface area contributed by atoms with Gasteiger partial charge in [0.05, 0.1) is 12.5 Å². The minimum Gasteiger partial charge on any atom is -0.383 e. The lowest BCUT2D eigenvalue weighted by atomic mass is 9.89. The van der Waals surface area contributed by atoms with Crippen molar-refractivity contribution in [3.63, 3.8) is 0 Å². The molecule has 2 aliphatic heterocycles. The standard InChI is InChI=1S/C18H25N3O3/c1-24-11-10-21-13-16(12-17(21)22)18(23)20-8-4-15(5-9-20)14-2-6-19-7-3-14/h2-3,6-7,15-16H,4-5,8-13H2,1H3. The van der Waals surface area contributed by atoms with E-state index in [1.165, 1.54) is 5.56 Å². The third-order valence-electron chi connectivity index (χ3n) is 5.11. The van der Waals surface area contributed by atoms with Gasteiger partial charge in [0.1, 0.15) is 0 Å². The highest BCUT2D eigenvalue weighted by atomic mass is 16.5. The van der Waals surface area contributed by atoms with Gasteiger partial charge < -0.3 is 14.5 Å². The summed E-state index contributed by atoms with van der Waals surface area (Å²) in [6.45, 7) is 3.17. The summed E-state index contributed by atoms with van der Waals surface area (Å²) in [5.41, 5.74) is 1.30. The Morgan fingerprint density at radius 1 is 1.29 bits per heavy atom. The summed E-state index contributed by atoms with van der Waals surface area (Å²) in [5, 5.41) is 0. The van der Waals surface area contributed by atoms with Crippen LogP contribution in [0.1, 0.15) is 30.7 Å². The van der Waals surface area contributed by atoms with E-state index in [2.05, 4.69) is 17.1 Å². The highest BCUT2D eigenvalue weighted by molar-refractivity contribution is 5.89. The van der Waals surface area contributed by atoms with Crippen LogP contribution >= 0.6 is 0 Å². The summed E-state index contributed by atoms with van der Waals surface area (Å²) in [6.07, 6.45) is 5.94. The van der Waals surface area contributed by atoms with Crippen molar-refractivity contribution in [3.8, 4) is 0 Å². The van der Waals surface area contributed by atoms with Crippen molar-refractivity contribution >= 4 is 11.8 Å². The molecule has 6 heteroatoms. The Labute approximate surface area is 142 Å². The van der Waals surface area contributed by atoms with Crippen molar-refractivity contribution in [2.45, 2.75) is 25.2 Å². The number of carbonyl (C=O) groups excluding carboxylic acids is 2. The number of carbonyl (C=O) groups is 2. The van der Waals surface area contributed by atoms with E-state index >= 15 is 0 Å². The van der Waals surface area contributed by atoms with Gasteiger partial charge in [-0.3, -0.25) is 14.6 Å². The topological polar surface area (TPSA) is 62.7 Å². The first kappa shape index (κ1) is 16.9. The molecule has 0 spiro atoms. The number of pyridine rings is 1. The lowest BCUT2D eigenvalue weighted by molar-refractivity contribution is -0.136. The lowest BCUT2D eigenvalue weighted by Crippen LogP contribution is -2.42. The van der Waals surface area contributed by atoms with Crippen LogP contribution in [0.15, 0.2) is 24.5 Å². The zero-order valence-corrected chi connectivity index (χ0v) is 14.2. The van der Waals surface area contributed by atoms with Crippen molar-refractivity contribution in [3.05, 3.63) is 30.1 Å². The van der Waals surface area contributed by atoms with Crippen LogP contribution < -0.4 is 0 Å². The van der Waals surface area contributed by atoms with Crippen molar-refractivity contribution in [1.29, 1.82) is 0 Å².